The van der Waals surface area contributed by atoms with Crippen molar-refractivity contribution in [3.8, 4) is 16.9 Å². The molecule has 0 radical (unpaired) electrons. The predicted molar refractivity (Wildman–Crippen MR) is 103 cm³/mol. The fraction of sp³-hybridized carbons (Fsp3) is 0.364. The van der Waals surface area contributed by atoms with E-state index in [4.69, 9.17) is 9.47 Å². The Balaban J connectivity index is 0.00000109. The predicted octanol–water partition coefficient (Wildman–Crippen LogP) is 5.89. The number of hydrogen-bond acceptors (Lipinski definition) is 2. The van der Waals surface area contributed by atoms with Crippen LogP contribution in [0.4, 0.5) is 4.39 Å². The van der Waals surface area contributed by atoms with Gasteiger partial charge >= 0.3 is 0 Å². The molecule has 1 aliphatic heterocycles. The molecule has 1 heterocycles. The summed E-state index contributed by atoms with van der Waals surface area (Å²) >= 11 is 0. The van der Waals surface area contributed by atoms with E-state index in [1.54, 1.807) is 19.2 Å². The van der Waals surface area contributed by atoms with Crippen LogP contribution < -0.4 is 4.74 Å². The number of halogens is 1. The molecule has 0 fully saturated rings. The minimum Gasteiger partial charge on any atom is -0.497 e. The summed E-state index contributed by atoms with van der Waals surface area (Å²) in [5, 5.41) is 0. The monoisotopic (exact) mass is 342 g/mol. The zero-order chi connectivity index (χ0) is 18.2. The molecule has 0 amide bonds. The maximum atomic E-state index is 14.4. The van der Waals surface area contributed by atoms with E-state index in [2.05, 4.69) is 25.1 Å². The highest BCUT2D eigenvalue weighted by Gasteiger charge is 2.16. The normalized spacial score (nSPS) is 13.6. The molecule has 0 saturated heterocycles. The maximum Gasteiger partial charge on any atom is 0.131 e. The summed E-state index contributed by atoms with van der Waals surface area (Å²) in [7, 11) is 1.60. The second kappa shape index (κ2) is 9.38. The standard InChI is InChI=1S/C20H21FO2.C2H6/c1-3-14-4-6-17(18(12-14)15-8-10-23-11-9-15)19-13-16(22-2)5-7-20(19)21;1-2/h4-8,12-13H,3,9-11H2,1-2H3;1-2H3. The number of hydrogen-bond donors (Lipinski definition) is 0. The Bertz CT molecular complexity index is 735. The summed E-state index contributed by atoms with van der Waals surface area (Å²) in [5.74, 6) is 0.428. The second-order valence-corrected chi connectivity index (χ2v) is 5.63. The van der Waals surface area contributed by atoms with E-state index in [0.29, 0.717) is 24.5 Å². The van der Waals surface area contributed by atoms with Crippen molar-refractivity contribution in [1.82, 2.24) is 0 Å². The lowest BCUT2D eigenvalue weighted by Gasteiger charge is -2.19. The van der Waals surface area contributed by atoms with Crippen molar-refractivity contribution < 1.29 is 13.9 Å². The van der Waals surface area contributed by atoms with Crippen LogP contribution in [0.1, 0.15) is 38.3 Å². The molecule has 0 bridgehead atoms. The average molecular weight is 342 g/mol. The highest BCUT2D eigenvalue weighted by molar-refractivity contribution is 5.82. The van der Waals surface area contributed by atoms with Crippen LogP contribution in [0.15, 0.2) is 42.5 Å². The molecule has 3 rings (SSSR count). The summed E-state index contributed by atoms with van der Waals surface area (Å²) in [4.78, 5) is 0. The molecular formula is C22H27FO2. The highest BCUT2D eigenvalue weighted by Crippen LogP contribution is 2.35. The summed E-state index contributed by atoms with van der Waals surface area (Å²) in [5.41, 5.74) is 5.06. The Morgan fingerprint density at radius 1 is 1.04 bits per heavy atom. The van der Waals surface area contributed by atoms with Gasteiger partial charge in [0.15, 0.2) is 0 Å². The summed E-state index contributed by atoms with van der Waals surface area (Å²) in [6.07, 6.45) is 3.91. The van der Waals surface area contributed by atoms with Gasteiger partial charge in [-0.2, -0.15) is 0 Å². The quantitative estimate of drug-likeness (QED) is 0.689. The molecule has 0 atom stereocenters. The number of benzene rings is 2. The molecule has 0 spiro atoms. The van der Waals surface area contributed by atoms with Gasteiger partial charge in [-0.15, -0.1) is 0 Å². The molecule has 2 nitrogen and oxygen atoms in total. The Morgan fingerprint density at radius 2 is 1.84 bits per heavy atom. The third-order valence-electron chi connectivity index (χ3n) is 4.27. The first kappa shape index (κ1) is 19.2. The van der Waals surface area contributed by atoms with Crippen LogP contribution >= 0.6 is 0 Å². The van der Waals surface area contributed by atoms with E-state index < -0.39 is 0 Å². The largest absolute Gasteiger partial charge is 0.497 e. The molecular weight excluding hydrogens is 315 g/mol. The Morgan fingerprint density at radius 3 is 2.48 bits per heavy atom. The van der Waals surface area contributed by atoms with Gasteiger partial charge in [-0.1, -0.05) is 45.0 Å². The van der Waals surface area contributed by atoms with Crippen LogP contribution in [0, 0.1) is 5.82 Å². The van der Waals surface area contributed by atoms with Crippen LogP contribution in [-0.2, 0) is 11.2 Å². The van der Waals surface area contributed by atoms with Gasteiger partial charge < -0.3 is 9.47 Å². The van der Waals surface area contributed by atoms with Crippen molar-refractivity contribution in [2.45, 2.75) is 33.6 Å². The molecule has 2 aromatic carbocycles. The molecule has 0 N–H and O–H groups in total. The highest BCUT2D eigenvalue weighted by atomic mass is 19.1. The zero-order valence-electron chi connectivity index (χ0n) is 15.6. The van der Waals surface area contributed by atoms with Crippen molar-refractivity contribution in [3.05, 3.63) is 59.4 Å². The molecule has 1 aliphatic rings. The Hall–Kier alpha value is -2.13. The van der Waals surface area contributed by atoms with Crippen LogP contribution in [-0.4, -0.2) is 20.3 Å². The lowest BCUT2D eigenvalue weighted by Crippen LogP contribution is -2.05. The fourth-order valence-corrected chi connectivity index (χ4v) is 2.92. The summed E-state index contributed by atoms with van der Waals surface area (Å²) < 4.78 is 25.1. The minimum atomic E-state index is -0.232. The maximum absolute atomic E-state index is 14.4. The number of ether oxygens (including phenoxy) is 2. The van der Waals surface area contributed by atoms with Crippen LogP contribution in [0.3, 0.4) is 0 Å². The molecule has 0 aromatic heterocycles. The molecule has 0 aliphatic carbocycles. The van der Waals surface area contributed by atoms with Gasteiger partial charge in [0.05, 0.1) is 20.3 Å². The third-order valence-corrected chi connectivity index (χ3v) is 4.27. The van der Waals surface area contributed by atoms with Gasteiger partial charge in [0.1, 0.15) is 11.6 Å². The van der Waals surface area contributed by atoms with Crippen LogP contribution in [0.2, 0.25) is 0 Å². The first-order chi connectivity index (χ1) is 12.2. The van der Waals surface area contributed by atoms with Crippen molar-refractivity contribution in [1.29, 1.82) is 0 Å². The van der Waals surface area contributed by atoms with Crippen molar-refractivity contribution >= 4 is 5.57 Å². The molecule has 3 heteroatoms. The van der Waals surface area contributed by atoms with E-state index in [1.807, 2.05) is 19.9 Å². The summed E-state index contributed by atoms with van der Waals surface area (Å²) in [6.45, 7) is 7.46. The van der Waals surface area contributed by atoms with E-state index in [-0.39, 0.29) is 5.82 Å². The van der Waals surface area contributed by atoms with E-state index in [9.17, 15) is 4.39 Å². The lowest BCUT2D eigenvalue weighted by molar-refractivity contribution is 0.161. The van der Waals surface area contributed by atoms with E-state index in [0.717, 1.165) is 24.0 Å². The molecule has 0 unspecified atom stereocenters. The first-order valence-corrected chi connectivity index (χ1v) is 8.97. The number of aryl methyl sites for hydroxylation is 1. The van der Waals surface area contributed by atoms with Crippen molar-refractivity contribution in [2.75, 3.05) is 20.3 Å². The van der Waals surface area contributed by atoms with Gasteiger partial charge in [0, 0.05) is 5.56 Å². The molecule has 2 aromatic rings. The van der Waals surface area contributed by atoms with Gasteiger partial charge in [-0.3, -0.25) is 0 Å². The molecule has 134 valence electrons. The summed E-state index contributed by atoms with van der Waals surface area (Å²) in [6, 6.07) is 11.1. The number of methoxy groups -OCH3 is 1. The lowest BCUT2D eigenvalue weighted by atomic mass is 9.90. The second-order valence-electron chi connectivity index (χ2n) is 5.63. The minimum absolute atomic E-state index is 0.232. The van der Waals surface area contributed by atoms with Crippen molar-refractivity contribution in [3.63, 3.8) is 0 Å². The van der Waals surface area contributed by atoms with Gasteiger partial charge in [-0.25, -0.2) is 4.39 Å². The Labute approximate surface area is 150 Å². The van der Waals surface area contributed by atoms with Gasteiger partial charge in [0.2, 0.25) is 0 Å². The SMILES string of the molecule is CC.CCc1ccc(-c2cc(OC)ccc2F)c(C2=CCOCC2)c1. The van der Waals surface area contributed by atoms with Crippen molar-refractivity contribution in [2.24, 2.45) is 0 Å². The average Bonchev–Trinajstić information content (AvgIpc) is 2.70. The van der Waals surface area contributed by atoms with E-state index >= 15 is 0 Å². The fourth-order valence-electron chi connectivity index (χ4n) is 2.92. The zero-order valence-corrected chi connectivity index (χ0v) is 15.6. The smallest absolute Gasteiger partial charge is 0.131 e. The van der Waals surface area contributed by atoms with Crippen LogP contribution in [0.25, 0.3) is 16.7 Å². The Kier molecular flexibility index (Phi) is 7.20. The van der Waals surface area contributed by atoms with Gasteiger partial charge in [0.25, 0.3) is 0 Å². The number of rotatable bonds is 4. The van der Waals surface area contributed by atoms with Gasteiger partial charge in [-0.05, 0) is 53.3 Å². The van der Waals surface area contributed by atoms with Crippen LogP contribution in [0.5, 0.6) is 5.75 Å². The molecule has 0 saturated carbocycles. The first-order valence-electron chi connectivity index (χ1n) is 8.97. The van der Waals surface area contributed by atoms with E-state index in [1.165, 1.54) is 17.2 Å². The third kappa shape index (κ3) is 4.49. The molecule has 25 heavy (non-hydrogen) atoms. The topological polar surface area (TPSA) is 18.5 Å².